The van der Waals surface area contributed by atoms with Crippen LogP contribution in [-0.4, -0.2) is 30.4 Å². The van der Waals surface area contributed by atoms with E-state index in [1.807, 2.05) is 11.0 Å². The van der Waals surface area contributed by atoms with Gasteiger partial charge in [-0.25, -0.2) is 0 Å². The Kier molecular flexibility index (Phi) is 3.06. The summed E-state index contributed by atoms with van der Waals surface area (Å²) in [5.74, 6) is 1.25. The molecule has 4 nitrogen and oxygen atoms in total. The number of carbonyl (C=O) groups excluding carboxylic acids is 1. The highest BCUT2D eigenvalue weighted by Gasteiger charge is 2.21. The number of likely N-dealkylation sites (tertiary alicyclic amines) is 1. The second-order valence-electron chi connectivity index (χ2n) is 3.80. The first-order chi connectivity index (χ1) is 7.31. The van der Waals surface area contributed by atoms with Gasteiger partial charge in [0.2, 0.25) is 0 Å². The Balaban J connectivity index is 2.04. The molecule has 4 heteroatoms. The molecule has 1 fully saturated rings. The molecule has 15 heavy (non-hydrogen) atoms. The van der Waals surface area contributed by atoms with Crippen LogP contribution in [0.15, 0.2) is 16.5 Å². The van der Waals surface area contributed by atoms with Crippen LogP contribution in [0.2, 0.25) is 0 Å². The van der Waals surface area contributed by atoms with Gasteiger partial charge in [-0.15, -0.1) is 0 Å². The van der Waals surface area contributed by atoms with Gasteiger partial charge >= 0.3 is 0 Å². The maximum atomic E-state index is 11.9. The predicted octanol–water partition coefficient (Wildman–Crippen LogP) is 1.02. The van der Waals surface area contributed by atoms with Gasteiger partial charge in [-0.2, -0.15) is 0 Å². The minimum atomic E-state index is 0.00997. The number of furan rings is 1. The van der Waals surface area contributed by atoms with E-state index in [4.69, 9.17) is 10.2 Å². The van der Waals surface area contributed by atoms with Crippen molar-refractivity contribution < 1.29 is 9.21 Å². The number of carbonyl (C=O) groups is 1. The fourth-order valence-electron chi connectivity index (χ4n) is 1.85. The molecule has 0 atom stereocenters. The lowest BCUT2D eigenvalue weighted by Gasteiger charge is -2.12. The number of nitrogens with zero attached hydrogens (tertiary/aromatic N) is 1. The van der Waals surface area contributed by atoms with E-state index in [0.29, 0.717) is 18.7 Å². The first-order valence-electron chi connectivity index (χ1n) is 5.39. The highest BCUT2D eigenvalue weighted by Crippen LogP contribution is 2.15. The average molecular weight is 208 g/mol. The molecule has 1 saturated heterocycles. The van der Waals surface area contributed by atoms with Crippen LogP contribution in [0.25, 0.3) is 0 Å². The van der Waals surface area contributed by atoms with Crippen molar-refractivity contribution in [2.75, 3.05) is 19.6 Å². The van der Waals surface area contributed by atoms with Crippen molar-refractivity contribution in [3.8, 4) is 0 Å². The molecule has 2 rings (SSSR count). The fourth-order valence-corrected chi connectivity index (χ4v) is 1.85. The van der Waals surface area contributed by atoms with Gasteiger partial charge in [0.1, 0.15) is 5.76 Å². The molecule has 0 aliphatic carbocycles. The van der Waals surface area contributed by atoms with Crippen molar-refractivity contribution in [2.45, 2.75) is 19.3 Å². The lowest BCUT2D eigenvalue weighted by Crippen LogP contribution is -2.27. The van der Waals surface area contributed by atoms with Crippen LogP contribution < -0.4 is 5.73 Å². The third kappa shape index (κ3) is 2.21. The molecule has 1 aromatic rings. The van der Waals surface area contributed by atoms with Gasteiger partial charge < -0.3 is 15.1 Å². The zero-order chi connectivity index (χ0) is 10.7. The van der Waals surface area contributed by atoms with Crippen molar-refractivity contribution >= 4 is 5.91 Å². The molecule has 1 amide bonds. The van der Waals surface area contributed by atoms with Gasteiger partial charge in [0.05, 0.1) is 0 Å². The first-order valence-corrected chi connectivity index (χ1v) is 5.39. The highest BCUT2D eigenvalue weighted by molar-refractivity contribution is 5.91. The topological polar surface area (TPSA) is 59.5 Å². The largest absolute Gasteiger partial charge is 0.456 e. The Labute approximate surface area is 89.0 Å². The summed E-state index contributed by atoms with van der Waals surface area (Å²) in [5.41, 5.74) is 5.41. The molecule has 0 radical (unpaired) electrons. The normalized spacial score (nSPS) is 15.9. The zero-order valence-corrected chi connectivity index (χ0v) is 8.74. The van der Waals surface area contributed by atoms with Crippen LogP contribution in [0.3, 0.4) is 0 Å². The fraction of sp³-hybridized carbons (Fsp3) is 0.545. The van der Waals surface area contributed by atoms with E-state index < -0.39 is 0 Å². The number of hydrogen-bond acceptors (Lipinski definition) is 3. The third-order valence-corrected chi connectivity index (χ3v) is 2.66. The van der Waals surface area contributed by atoms with E-state index in [2.05, 4.69) is 0 Å². The molecular weight excluding hydrogens is 192 g/mol. The van der Waals surface area contributed by atoms with Crippen LogP contribution in [0.4, 0.5) is 0 Å². The second kappa shape index (κ2) is 4.49. The molecule has 2 heterocycles. The van der Waals surface area contributed by atoms with E-state index in [1.165, 1.54) is 0 Å². The summed E-state index contributed by atoms with van der Waals surface area (Å²) < 4.78 is 5.43. The maximum absolute atomic E-state index is 11.9. The molecule has 0 aromatic carbocycles. The van der Waals surface area contributed by atoms with Gasteiger partial charge in [0.15, 0.2) is 5.76 Å². The lowest BCUT2D eigenvalue weighted by molar-refractivity contribution is 0.0759. The molecule has 1 aliphatic heterocycles. The number of nitrogens with two attached hydrogens (primary N) is 1. The van der Waals surface area contributed by atoms with Crippen molar-refractivity contribution in [1.29, 1.82) is 0 Å². The number of amides is 1. The Morgan fingerprint density at radius 3 is 2.80 bits per heavy atom. The van der Waals surface area contributed by atoms with Crippen LogP contribution >= 0.6 is 0 Å². The highest BCUT2D eigenvalue weighted by atomic mass is 16.4. The summed E-state index contributed by atoms with van der Waals surface area (Å²) in [5, 5.41) is 0. The molecular formula is C11H16N2O2. The number of hydrogen-bond donors (Lipinski definition) is 1. The second-order valence-corrected chi connectivity index (χ2v) is 3.80. The van der Waals surface area contributed by atoms with Crippen molar-refractivity contribution in [3.63, 3.8) is 0 Å². The van der Waals surface area contributed by atoms with Crippen molar-refractivity contribution in [1.82, 2.24) is 4.90 Å². The predicted molar refractivity (Wildman–Crippen MR) is 56.6 cm³/mol. The van der Waals surface area contributed by atoms with Crippen molar-refractivity contribution in [2.24, 2.45) is 5.73 Å². The van der Waals surface area contributed by atoms with Gasteiger partial charge in [-0.1, -0.05) is 0 Å². The molecule has 0 saturated carbocycles. The van der Waals surface area contributed by atoms with Crippen LogP contribution in [0.5, 0.6) is 0 Å². The summed E-state index contributed by atoms with van der Waals surface area (Å²) in [6, 6.07) is 3.57. The van der Waals surface area contributed by atoms with Crippen LogP contribution in [0, 0.1) is 0 Å². The minimum absolute atomic E-state index is 0.00997. The van der Waals surface area contributed by atoms with E-state index in [1.54, 1.807) is 6.07 Å². The molecule has 2 N–H and O–H groups in total. The Morgan fingerprint density at radius 1 is 1.40 bits per heavy atom. The quantitative estimate of drug-likeness (QED) is 0.806. The standard InChI is InChI=1S/C11H16N2O2/c12-6-5-9-3-4-10(15-9)11(14)13-7-1-2-8-13/h3-4H,1-2,5-8,12H2. The Bertz CT molecular complexity index is 340. The molecule has 0 spiro atoms. The van der Waals surface area contributed by atoms with E-state index in [-0.39, 0.29) is 5.91 Å². The van der Waals surface area contributed by atoms with Gasteiger partial charge in [0, 0.05) is 19.5 Å². The Hall–Kier alpha value is -1.29. The molecule has 0 bridgehead atoms. The summed E-state index contributed by atoms with van der Waals surface area (Å²) >= 11 is 0. The van der Waals surface area contributed by atoms with Gasteiger partial charge in [-0.3, -0.25) is 4.79 Å². The van der Waals surface area contributed by atoms with E-state index in [0.717, 1.165) is 31.7 Å². The molecule has 1 aliphatic rings. The monoisotopic (exact) mass is 208 g/mol. The average Bonchev–Trinajstić information content (AvgIpc) is 2.87. The molecule has 1 aromatic heterocycles. The van der Waals surface area contributed by atoms with Crippen LogP contribution in [-0.2, 0) is 6.42 Å². The van der Waals surface area contributed by atoms with Crippen LogP contribution in [0.1, 0.15) is 29.2 Å². The third-order valence-electron chi connectivity index (χ3n) is 2.66. The molecule has 0 unspecified atom stereocenters. The summed E-state index contributed by atoms with van der Waals surface area (Å²) in [6.45, 7) is 2.25. The minimum Gasteiger partial charge on any atom is -0.456 e. The summed E-state index contributed by atoms with van der Waals surface area (Å²) in [6.07, 6.45) is 2.89. The zero-order valence-electron chi connectivity index (χ0n) is 8.74. The van der Waals surface area contributed by atoms with E-state index in [9.17, 15) is 4.79 Å². The maximum Gasteiger partial charge on any atom is 0.289 e. The first kappa shape index (κ1) is 10.2. The van der Waals surface area contributed by atoms with Crippen molar-refractivity contribution in [3.05, 3.63) is 23.7 Å². The van der Waals surface area contributed by atoms with Gasteiger partial charge in [0.25, 0.3) is 5.91 Å². The lowest BCUT2D eigenvalue weighted by atomic mass is 10.3. The van der Waals surface area contributed by atoms with E-state index >= 15 is 0 Å². The summed E-state index contributed by atoms with van der Waals surface area (Å²) in [4.78, 5) is 13.7. The SMILES string of the molecule is NCCc1ccc(C(=O)N2CCCC2)o1. The number of rotatable bonds is 3. The molecule has 82 valence electrons. The van der Waals surface area contributed by atoms with Gasteiger partial charge in [-0.05, 0) is 31.5 Å². The smallest absolute Gasteiger partial charge is 0.289 e. The Morgan fingerprint density at radius 2 is 2.13 bits per heavy atom. The summed E-state index contributed by atoms with van der Waals surface area (Å²) in [7, 11) is 0.